The third-order valence-electron chi connectivity index (χ3n) is 3.98. The summed E-state index contributed by atoms with van der Waals surface area (Å²) in [6.45, 7) is 3.67. The van der Waals surface area contributed by atoms with Crippen LogP contribution in [0.2, 0.25) is 10.0 Å². The summed E-state index contributed by atoms with van der Waals surface area (Å²) in [6, 6.07) is 10.5. The van der Waals surface area contributed by atoms with Crippen molar-refractivity contribution in [3.63, 3.8) is 0 Å². The molecule has 0 amide bonds. The number of phenolic OH excluding ortho intramolecular Hbond substituents is 1. The highest BCUT2D eigenvalue weighted by molar-refractivity contribution is 7.08. The number of aromatic nitrogens is 1. The molecule has 0 unspecified atom stereocenters. The van der Waals surface area contributed by atoms with Crippen molar-refractivity contribution >= 4 is 46.7 Å². The van der Waals surface area contributed by atoms with Gasteiger partial charge in [-0.25, -0.2) is 0 Å². The number of hydrogen-bond donors (Lipinski definition) is 1. The van der Waals surface area contributed by atoms with E-state index in [0.29, 0.717) is 20.6 Å². The highest BCUT2D eigenvalue weighted by Gasteiger charge is 2.13. The molecule has 3 aromatic rings. The number of hydrogen-bond acceptors (Lipinski definition) is 5. The first-order chi connectivity index (χ1) is 12.8. The summed E-state index contributed by atoms with van der Waals surface area (Å²) in [7, 11) is 0. The minimum absolute atomic E-state index is 0.0228. The highest BCUT2D eigenvalue weighted by atomic mass is 35.5. The Bertz CT molecular complexity index is 1020. The lowest BCUT2D eigenvalue weighted by molar-refractivity contribution is 0.101. The third kappa shape index (κ3) is 4.56. The highest BCUT2D eigenvalue weighted by Crippen LogP contribution is 2.31. The quantitative estimate of drug-likeness (QED) is 0.424. The Kier molecular flexibility index (Phi) is 5.95. The molecule has 138 valence electrons. The van der Waals surface area contributed by atoms with Crippen LogP contribution < -0.4 is 0 Å². The van der Waals surface area contributed by atoms with E-state index in [1.807, 2.05) is 26.0 Å². The molecule has 7 heteroatoms. The van der Waals surface area contributed by atoms with E-state index in [9.17, 15) is 9.90 Å². The first-order valence-electron chi connectivity index (χ1n) is 8.10. The van der Waals surface area contributed by atoms with E-state index < -0.39 is 0 Å². The molecule has 0 atom stereocenters. The fourth-order valence-corrected chi connectivity index (χ4v) is 3.79. The van der Waals surface area contributed by atoms with E-state index in [4.69, 9.17) is 23.2 Å². The molecule has 4 nitrogen and oxygen atoms in total. The first-order valence-corrected chi connectivity index (χ1v) is 9.63. The van der Waals surface area contributed by atoms with Gasteiger partial charge >= 0.3 is 0 Å². The Labute approximate surface area is 171 Å². The SMILES string of the molecule is Cc1cc(C=NCC(=O)c2cc(-c3ccc(Cl)cc3Cl)ns2)cc(C)c1O. The molecule has 0 spiro atoms. The number of aromatic hydroxyl groups is 1. The zero-order chi connectivity index (χ0) is 19.6. The van der Waals surface area contributed by atoms with Crippen molar-refractivity contribution in [3.05, 3.63) is 68.0 Å². The Balaban J connectivity index is 1.71. The summed E-state index contributed by atoms with van der Waals surface area (Å²) >= 11 is 13.2. The molecule has 2 aromatic carbocycles. The summed E-state index contributed by atoms with van der Waals surface area (Å²) in [4.78, 5) is 17.1. The van der Waals surface area contributed by atoms with Crippen molar-refractivity contribution < 1.29 is 9.90 Å². The third-order valence-corrected chi connectivity index (χ3v) is 5.36. The number of Topliss-reactive ketones (excluding diaryl/α,β-unsaturated/α-hetero) is 1. The van der Waals surface area contributed by atoms with Crippen LogP contribution >= 0.6 is 34.7 Å². The number of aryl methyl sites for hydroxylation is 2. The van der Waals surface area contributed by atoms with Gasteiger partial charge in [-0.1, -0.05) is 23.2 Å². The molecule has 0 saturated heterocycles. The number of carbonyl (C=O) groups is 1. The fourth-order valence-electron chi connectivity index (χ4n) is 2.61. The van der Waals surface area contributed by atoms with Gasteiger partial charge in [-0.15, -0.1) is 0 Å². The van der Waals surface area contributed by atoms with Gasteiger partial charge in [-0.05, 0) is 78.5 Å². The van der Waals surface area contributed by atoms with Crippen molar-refractivity contribution in [1.29, 1.82) is 0 Å². The van der Waals surface area contributed by atoms with Crippen LogP contribution in [0.25, 0.3) is 11.3 Å². The molecule has 0 aliphatic heterocycles. The van der Waals surface area contributed by atoms with Gasteiger partial charge in [0.25, 0.3) is 0 Å². The molecule has 1 N–H and O–H groups in total. The van der Waals surface area contributed by atoms with Gasteiger partial charge < -0.3 is 5.11 Å². The molecule has 0 bridgehead atoms. The predicted octanol–water partition coefficient (Wildman–Crippen LogP) is 5.74. The van der Waals surface area contributed by atoms with E-state index >= 15 is 0 Å². The average molecular weight is 419 g/mol. The molecule has 0 aliphatic carbocycles. The van der Waals surface area contributed by atoms with Crippen molar-refractivity contribution in [3.8, 4) is 17.0 Å². The number of ketones is 1. The van der Waals surface area contributed by atoms with Gasteiger partial charge in [-0.2, -0.15) is 4.37 Å². The largest absolute Gasteiger partial charge is 0.507 e. The van der Waals surface area contributed by atoms with Crippen LogP contribution in [-0.4, -0.2) is 28.0 Å². The zero-order valence-electron chi connectivity index (χ0n) is 14.7. The standard InChI is InChI=1S/C20H16Cl2N2O2S/c1-11-5-13(6-12(2)20(11)26)9-23-10-18(25)19-8-17(24-27-19)15-4-3-14(21)7-16(15)22/h3-9,26H,10H2,1-2H3. The van der Waals surface area contributed by atoms with Crippen LogP contribution in [0.3, 0.4) is 0 Å². The Morgan fingerprint density at radius 3 is 2.56 bits per heavy atom. The monoisotopic (exact) mass is 418 g/mol. The summed E-state index contributed by atoms with van der Waals surface area (Å²) in [5.74, 6) is 0.161. The Morgan fingerprint density at radius 2 is 1.89 bits per heavy atom. The molecule has 3 rings (SSSR count). The second-order valence-electron chi connectivity index (χ2n) is 6.10. The maximum absolute atomic E-state index is 12.4. The van der Waals surface area contributed by atoms with Gasteiger partial charge in [0.2, 0.25) is 0 Å². The Hall–Kier alpha value is -2.21. The van der Waals surface area contributed by atoms with Crippen LogP contribution in [0.5, 0.6) is 5.75 Å². The molecule has 0 radical (unpaired) electrons. The number of benzene rings is 2. The molecule has 0 fully saturated rings. The van der Waals surface area contributed by atoms with Crippen LogP contribution in [0.15, 0.2) is 41.4 Å². The lowest BCUT2D eigenvalue weighted by Gasteiger charge is -2.04. The smallest absolute Gasteiger partial charge is 0.195 e. The fraction of sp³-hybridized carbons (Fsp3) is 0.150. The lowest BCUT2D eigenvalue weighted by Crippen LogP contribution is -2.01. The molecule has 1 heterocycles. The van der Waals surface area contributed by atoms with Gasteiger partial charge in [0.15, 0.2) is 5.78 Å². The van der Waals surface area contributed by atoms with Crippen LogP contribution in [0, 0.1) is 13.8 Å². The minimum atomic E-state index is -0.118. The summed E-state index contributed by atoms with van der Waals surface area (Å²) in [5.41, 5.74) is 3.76. The minimum Gasteiger partial charge on any atom is -0.507 e. The average Bonchev–Trinajstić information content (AvgIpc) is 3.09. The van der Waals surface area contributed by atoms with Crippen LogP contribution in [0.4, 0.5) is 0 Å². The Morgan fingerprint density at radius 1 is 1.19 bits per heavy atom. The lowest BCUT2D eigenvalue weighted by atomic mass is 10.1. The molecular weight excluding hydrogens is 403 g/mol. The second-order valence-corrected chi connectivity index (χ2v) is 7.75. The van der Waals surface area contributed by atoms with Gasteiger partial charge in [-0.3, -0.25) is 9.79 Å². The topological polar surface area (TPSA) is 62.5 Å². The van der Waals surface area contributed by atoms with E-state index in [1.165, 1.54) is 0 Å². The summed E-state index contributed by atoms with van der Waals surface area (Å²) < 4.78 is 4.31. The maximum Gasteiger partial charge on any atom is 0.195 e. The van der Waals surface area contributed by atoms with Gasteiger partial charge in [0.05, 0.1) is 15.6 Å². The van der Waals surface area contributed by atoms with Crippen molar-refractivity contribution in [2.75, 3.05) is 6.54 Å². The molecule has 27 heavy (non-hydrogen) atoms. The van der Waals surface area contributed by atoms with Crippen molar-refractivity contribution in [2.24, 2.45) is 4.99 Å². The molecular formula is C20H16Cl2N2O2S. The number of aliphatic imine (C=N–C) groups is 1. The maximum atomic E-state index is 12.4. The predicted molar refractivity (Wildman–Crippen MR) is 112 cm³/mol. The zero-order valence-corrected chi connectivity index (χ0v) is 17.0. The van der Waals surface area contributed by atoms with Crippen molar-refractivity contribution in [2.45, 2.75) is 13.8 Å². The normalized spacial score (nSPS) is 11.3. The summed E-state index contributed by atoms with van der Waals surface area (Å²) in [5, 5.41) is 10.8. The summed E-state index contributed by atoms with van der Waals surface area (Å²) in [6.07, 6.45) is 1.63. The number of halogens is 2. The van der Waals surface area contributed by atoms with Crippen molar-refractivity contribution in [1.82, 2.24) is 4.37 Å². The first kappa shape index (κ1) is 19.5. The molecule has 0 aliphatic rings. The van der Waals surface area contributed by atoms with Gasteiger partial charge in [0, 0.05) is 16.8 Å². The molecule has 0 saturated carbocycles. The number of phenols is 1. The van der Waals surface area contributed by atoms with E-state index in [0.717, 1.165) is 33.8 Å². The molecule has 1 aromatic heterocycles. The number of nitrogens with zero attached hydrogens (tertiary/aromatic N) is 2. The number of rotatable bonds is 5. The van der Waals surface area contributed by atoms with E-state index in [2.05, 4.69) is 9.37 Å². The van der Waals surface area contributed by atoms with Crippen LogP contribution in [-0.2, 0) is 0 Å². The van der Waals surface area contributed by atoms with E-state index in [1.54, 1.807) is 30.5 Å². The van der Waals surface area contributed by atoms with E-state index in [-0.39, 0.29) is 18.1 Å². The number of carbonyl (C=O) groups excluding carboxylic acids is 1. The second kappa shape index (κ2) is 8.21. The van der Waals surface area contributed by atoms with Crippen LogP contribution in [0.1, 0.15) is 26.4 Å². The van der Waals surface area contributed by atoms with Gasteiger partial charge in [0.1, 0.15) is 12.3 Å².